The Labute approximate surface area is 241 Å². The number of rotatable bonds is 7. The average Bonchev–Trinajstić information content (AvgIpc) is 3.36. The molecule has 5 aliphatic rings. The van der Waals surface area contributed by atoms with E-state index in [0.717, 1.165) is 12.8 Å². The zero-order valence-electron chi connectivity index (χ0n) is 25.1. The molecule has 5 rings (SSSR count). The molecule has 0 aromatic rings. The number of epoxide rings is 1. The fraction of sp³-hybridized carbons (Fsp3) is 0.867. The highest BCUT2D eigenvalue weighted by Crippen LogP contribution is 2.71. The van der Waals surface area contributed by atoms with Crippen LogP contribution in [-0.2, 0) is 52.3 Å². The molecular formula is C30H44O11. The Morgan fingerprint density at radius 1 is 0.951 bits per heavy atom. The van der Waals surface area contributed by atoms with Gasteiger partial charge in [-0.05, 0) is 37.5 Å². The molecule has 0 aromatic carbocycles. The molecule has 2 aliphatic carbocycles. The molecule has 11 heteroatoms. The second-order valence-corrected chi connectivity index (χ2v) is 13.2. The Bertz CT molecular complexity index is 1060. The normalized spacial score (nSPS) is 44.6. The zero-order valence-corrected chi connectivity index (χ0v) is 25.1. The number of ether oxygens (including phenoxy) is 7. The van der Waals surface area contributed by atoms with Gasteiger partial charge in [0.05, 0.1) is 30.7 Å². The van der Waals surface area contributed by atoms with E-state index in [4.69, 9.17) is 33.2 Å². The highest BCUT2D eigenvalue weighted by Gasteiger charge is 2.82. The third-order valence-electron chi connectivity index (χ3n) is 10.6. The van der Waals surface area contributed by atoms with Gasteiger partial charge in [-0.15, -0.1) is 0 Å². The average molecular weight is 581 g/mol. The Morgan fingerprint density at radius 2 is 1.63 bits per heavy atom. The summed E-state index contributed by atoms with van der Waals surface area (Å²) in [5.41, 5.74) is -2.87. The first-order chi connectivity index (χ1) is 19.3. The second-order valence-electron chi connectivity index (χ2n) is 13.2. The molecule has 11 nitrogen and oxygen atoms in total. The molecular weight excluding hydrogens is 536 g/mol. The Kier molecular flexibility index (Phi) is 7.96. The molecule has 0 N–H and O–H groups in total. The van der Waals surface area contributed by atoms with Crippen molar-refractivity contribution < 1.29 is 52.3 Å². The fourth-order valence-electron chi connectivity index (χ4n) is 8.44. The lowest BCUT2D eigenvalue weighted by molar-refractivity contribution is -0.286. The van der Waals surface area contributed by atoms with Crippen molar-refractivity contribution >= 4 is 23.9 Å². The van der Waals surface area contributed by atoms with Crippen molar-refractivity contribution in [2.24, 2.45) is 34.5 Å². The molecule has 0 amide bonds. The summed E-state index contributed by atoms with van der Waals surface area (Å²) >= 11 is 0. The van der Waals surface area contributed by atoms with Crippen LogP contribution in [0.1, 0.15) is 74.1 Å². The van der Waals surface area contributed by atoms with Crippen molar-refractivity contribution in [3.8, 4) is 0 Å². The van der Waals surface area contributed by atoms with Crippen molar-refractivity contribution in [2.45, 2.75) is 110 Å². The van der Waals surface area contributed by atoms with Crippen molar-refractivity contribution in [3.63, 3.8) is 0 Å². The summed E-state index contributed by atoms with van der Waals surface area (Å²) < 4.78 is 42.6. The minimum Gasteiger partial charge on any atom is -0.465 e. The lowest BCUT2D eigenvalue weighted by Crippen LogP contribution is -2.75. The van der Waals surface area contributed by atoms with E-state index in [1.165, 1.54) is 20.8 Å². The van der Waals surface area contributed by atoms with Crippen molar-refractivity contribution in [3.05, 3.63) is 0 Å². The molecule has 3 aliphatic heterocycles. The predicted molar refractivity (Wildman–Crippen MR) is 141 cm³/mol. The topological polar surface area (TPSA) is 136 Å². The highest BCUT2D eigenvalue weighted by atomic mass is 16.7. The molecule has 0 bridgehead atoms. The molecule has 2 saturated carbocycles. The number of esters is 4. The third-order valence-corrected chi connectivity index (χ3v) is 10.6. The first-order valence-corrected chi connectivity index (χ1v) is 14.9. The van der Waals surface area contributed by atoms with Gasteiger partial charge in [-0.3, -0.25) is 19.2 Å². The standard InChI is InChI=1S/C30H44O11/c1-15(2)26(34)41-25-21(38-18(5)32)12-22-28(7,23-11-20-8-9-35-27(20)40-23)16(3)10-24(39-19(6)33)29(22,13-36-17(4)31)30(25)14-37-30/h15-16,20-25,27H,8-14H2,1-7H3/t16-,20-,21+,22-,23+,24+,25+,27+,28+,29+,30-/m1/s1. The van der Waals surface area contributed by atoms with Crippen LogP contribution in [-0.4, -0.2) is 80.0 Å². The molecule has 0 radical (unpaired) electrons. The summed E-state index contributed by atoms with van der Waals surface area (Å²) in [6, 6.07) is 0. The van der Waals surface area contributed by atoms with Crippen molar-refractivity contribution in [1.82, 2.24) is 0 Å². The lowest BCUT2D eigenvalue weighted by Gasteiger charge is -2.65. The number of hydrogen-bond donors (Lipinski definition) is 0. The minimum atomic E-state index is -1.22. The van der Waals surface area contributed by atoms with Crippen LogP contribution in [0, 0.1) is 34.5 Å². The molecule has 3 heterocycles. The van der Waals surface area contributed by atoms with Gasteiger partial charge < -0.3 is 33.2 Å². The smallest absolute Gasteiger partial charge is 0.308 e. The van der Waals surface area contributed by atoms with Crippen LogP contribution in [0.4, 0.5) is 0 Å². The summed E-state index contributed by atoms with van der Waals surface area (Å²) in [6.45, 7) is 12.4. The third kappa shape index (κ3) is 4.85. The SMILES string of the molecule is CC(=O)OC[C@@]12[C@@H](OC(C)=O)C[C@@H](C)[C@](C)([C@@H]3C[C@H]4CCO[C@H]4O3)[C@H]1C[C@H](OC(C)=O)[C@H](OC(=O)C(C)C)[C@]21CO1. The van der Waals surface area contributed by atoms with Gasteiger partial charge in [0, 0.05) is 32.1 Å². The number of carbonyl (C=O) groups is 4. The summed E-state index contributed by atoms with van der Waals surface area (Å²) in [7, 11) is 0. The summed E-state index contributed by atoms with van der Waals surface area (Å²) in [5.74, 6) is -2.49. The lowest BCUT2D eigenvalue weighted by atomic mass is 9.41. The van der Waals surface area contributed by atoms with E-state index in [1.807, 2.05) is 0 Å². The van der Waals surface area contributed by atoms with Crippen LogP contribution >= 0.6 is 0 Å². The number of hydrogen-bond acceptors (Lipinski definition) is 11. The number of carbonyl (C=O) groups excluding carboxylic acids is 4. The van der Waals surface area contributed by atoms with Gasteiger partial charge in [0.15, 0.2) is 12.4 Å². The van der Waals surface area contributed by atoms with E-state index in [9.17, 15) is 19.2 Å². The van der Waals surface area contributed by atoms with Gasteiger partial charge in [0.25, 0.3) is 0 Å². The Hall–Kier alpha value is -2.24. The molecule has 0 unspecified atom stereocenters. The largest absolute Gasteiger partial charge is 0.465 e. The van der Waals surface area contributed by atoms with E-state index in [2.05, 4.69) is 13.8 Å². The maximum absolute atomic E-state index is 13.0. The van der Waals surface area contributed by atoms with Gasteiger partial charge in [-0.25, -0.2) is 0 Å². The zero-order chi connectivity index (χ0) is 29.9. The molecule has 3 saturated heterocycles. The quantitative estimate of drug-likeness (QED) is 0.250. The molecule has 5 fully saturated rings. The fourth-order valence-corrected chi connectivity index (χ4v) is 8.44. The van der Waals surface area contributed by atoms with Crippen LogP contribution in [0.5, 0.6) is 0 Å². The maximum Gasteiger partial charge on any atom is 0.308 e. The van der Waals surface area contributed by atoms with E-state index in [0.29, 0.717) is 13.0 Å². The van der Waals surface area contributed by atoms with Gasteiger partial charge >= 0.3 is 23.9 Å². The van der Waals surface area contributed by atoms with Gasteiger partial charge in [0.2, 0.25) is 0 Å². The van der Waals surface area contributed by atoms with Crippen LogP contribution in [0.15, 0.2) is 0 Å². The van der Waals surface area contributed by atoms with E-state index in [1.54, 1.807) is 13.8 Å². The molecule has 230 valence electrons. The molecule has 1 spiro atoms. The van der Waals surface area contributed by atoms with Gasteiger partial charge in [0.1, 0.15) is 24.4 Å². The minimum absolute atomic E-state index is 0.00493. The second kappa shape index (κ2) is 10.8. The van der Waals surface area contributed by atoms with E-state index >= 15 is 0 Å². The monoisotopic (exact) mass is 580 g/mol. The van der Waals surface area contributed by atoms with Crippen LogP contribution in [0.2, 0.25) is 0 Å². The Balaban J connectivity index is 1.67. The molecule has 0 aromatic heterocycles. The molecule has 41 heavy (non-hydrogen) atoms. The predicted octanol–water partition coefficient (Wildman–Crippen LogP) is 2.95. The first-order valence-electron chi connectivity index (χ1n) is 14.9. The maximum atomic E-state index is 13.0. The van der Waals surface area contributed by atoms with E-state index < -0.39 is 64.5 Å². The van der Waals surface area contributed by atoms with Gasteiger partial charge in [-0.1, -0.05) is 27.7 Å². The summed E-state index contributed by atoms with van der Waals surface area (Å²) in [4.78, 5) is 50.3. The van der Waals surface area contributed by atoms with Crippen LogP contribution < -0.4 is 0 Å². The van der Waals surface area contributed by atoms with Crippen molar-refractivity contribution in [1.29, 1.82) is 0 Å². The summed E-state index contributed by atoms with van der Waals surface area (Å²) in [6.07, 6.45) is -0.583. The van der Waals surface area contributed by atoms with E-state index in [-0.39, 0.29) is 49.8 Å². The van der Waals surface area contributed by atoms with Gasteiger partial charge in [-0.2, -0.15) is 0 Å². The number of fused-ring (bicyclic) bond motifs is 3. The van der Waals surface area contributed by atoms with Crippen molar-refractivity contribution in [2.75, 3.05) is 19.8 Å². The molecule has 11 atom stereocenters. The summed E-state index contributed by atoms with van der Waals surface area (Å²) in [5, 5.41) is 0. The van der Waals surface area contributed by atoms with Crippen LogP contribution in [0.25, 0.3) is 0 Å². The van der Waals surface area contributed by atoms with Crippen LogP contribution in [0.3, 0.4) is 0 Å². The Morgan fingerprint density at radius 3 is 2.20 bits per heavy atom. The first kappa shape index (κ1) is 30.2. The highest BCUT2D eigenvalue weighted by molar-refractivity contribution is 5.72.